The van der Waals surface area contributed by atoms with E-state index in [1.165, 1.54) is 11.3 Å². The van der Waals surface area contributed by atoms with Gasteiger partial charge in [-0.3, -0.25) is 4.79 Å². The maximum Gasteiger partial charge on any atom is 0.265 e. The minimum absolute atomic E-state index is 0.0807. The van der Waals surface area contributed by atoms with Crippen molar-refractivity contribution in [2.75, 3.05) is 13.2 Å². The van der Waals surface area contributed by atoms with Gasteiger partial charge in [-0.25, -0.2) is 8.78 Å². The molecule has 2 N–H and O–H groups in total. The number of amides is 1. The first-order chi connectivity index (χ1) is 13.5. The summed E-state index contributed by atoms with van der Waals surface area (Å²) in [6.07, 6.45) is -1.30. The minimum atomic E-state index is -1.30. The molecule has 0 aliphatic carbocycles. The number of hydrogen-bond acceptors (Lipinski definition) is 4. The van der Waals surface area contributed by atoms with E-state index >= 15 is 0 Å². The van der Waals surface area contributed by atoms with Crippen molar-refractivity contribution >= 4 is 17.2 Å². The van der Waals surface area contributed by atoms with Gasteiger partial charge in [0.05, 0.1) is 12.7 Å². The Balaban J connectivity index is 1.75. The van der Waals surface area contributed by atoms with Gasteiger partial charge in [0, 0.05) is 23.1 Å². The fraction of sp³-hybridized carbons (Fsp3) is 0.190. The number of aliphatic hydroxyl groups excluding tert-OH is 1. The number of thiophene rings is 1. The molecular weight excluding hydrogens is 384 g/mol. The molecule has 1 amide bonds. The first-order valence-corrected chi connectivity index (χ1v) is 9.54. The lowest BCUT2D eigenvalue weighted by Crippen LogP contribution is -2.28. The zero-order chi connectivity index (χ0) is 20.1. The first kappa shape index (κ1) is 20.0. The highest BCUT2D eigenvalue weighted by Gasteiger charge is 2.20. The second-order valence-corrected chi connectivity index (χ2v) is 7.05. The molecule has 0 aliphatic rings. The number of aliphatic hydroxyl groups is 1. The molecule has 0 radical (unpaired) electrons. The Kier molecular flexibility index (Phi) is 6.38. The standard InChI is InChI=1S/C21H19F2NO3S/c1-2-27-18-11-19(13-6-4-3-5-7-13)28-20(18)21(26)24-12-17(25)15-9-8-14(22)10-16(15)23/h3-11,17,25H,2,12H2,1H3,(H,24,26). The fourth-order valence-electron chi connectivity index (χ4n) is 2.69. The maximum absolute atomic E-state index is 13.8. The third-order valence-corrected chi connectivity index (χ3v) is 5.20. The summed E-state index contributed by atoms with van der Waals surface area (Å²) in [5.74, 6) is -1.58. The Labute approximate surface area is 165 Å². The molecule has 0 saturated heterocycles. The van der Waals surface area contributed by atoms with E-state index in [4.69, 9.17) is 4.74 Å². The number of hydrogen-bond donors (Lipinski definition) is 2. The molecule has 3 aromatic rings. The van der Waals surface area contributed by atoms with Crippen LogP contribution in [0.15, 0.2) is 54.6 Å². The van der Waals surface area contributed by atoms with Crippen molar-refractivity contribution in [1.29, 1.82) is 0 Å². The molecule has 0 saturated carbocycles. The molecule has 1 heterocycles. The molecule has 4 nitrogen and oxygen atoms in total. The third-order valence-electron chi connectivity index (χ3n) is 4.04. The fourth-order valence-corrected chi connectivity index (χ4v) is 3.71. The van der Waals surface area contributed by atoms with E-state index in [0.717, 1.165) is 22.6 Å². The number of benzene rings is 2. The number of carbonyl (C=O) groups is 1. The van der Waals surface area contributed by atoms with Crippen molar-refractivity contribution in [3.05, 3.63) is 76.7 Å². The molecule has 1 aromatic heterocycles. The van der Waals surface area contributed by atoms with Crippen molar-refractivity contribution < 1.29 is 23.4 Å². The summed E-state index contributed by atoms with van der Waals surface area (Å²) >= 11 is 1.27. The Morgan fingerprint density at radius 1 is 1.18 bits per heavy atom. The predicted molar refractivity (Wildman–Crippen MR) is 105 cm³/mol. The number of halogens is 2. The highest BCUT2D eigenvalue weighted by molar-refractivity contribution is 7.17. The summed E-state index contributed by atoms with van der Waals surface area (Å²) < 4.78 is 32.3. The topological polar surface area (TPSA) is 58.6 Å². The van der Waals surface area contributed by atoms with Crippen LogP contribution in [-0.4, -0.2) is 24.2 Å². The molecular formula is C21H19F2NO3S. The van der Waals surface area contributed by atoms with Crippen LogP contribution >= 0.6 is 11.3 Å². The number of ether oxygens (including phenoxy) is 1. The average molecular weight is 403 g/mol. The zero-order valence-corrected chi connectivity index (χ0v) is 15.9. The van der Waals surface area contributed by atoms with Gasteiger partial charge in [0.2, 0.25) is 0 Å². The lowest BCUT2D eigenvalue weighted by atomic mass is 10.1. The highest BCUT2D eigenvalue weighted by Crippen LogP contribution is 2.36. The molecule has 146 valence electrons. The van der Waals surface area contributed by atoms with Gasteiger partial charge < -0.3 is 15.2 Å². The Bertz CT molecular complexity index is 960. The molecule has 1 unspecified atom stereocenters. The normalized spacial score (nSPS) is 11.9. The lowest BCUT2D eigenvalue weighted by Gasteiger charge is -2.13. The number of nitrogens with one attached hydrogen (secondary N) is 1. The van der Waals surface area contributed by atoms with E-state index in [-0.39, 0.29) is 12.1 Å². The summed E-state index contributed by atoms with van der Waals surface area (Å²) in [5, 5.41) is 12.7. The Hall–Kier alpha value is -2.77. The largest absolute Gasteiger partial charge is 0.492 e. The summed E-state index contributed by atoms with van der Waals surface area (Å²) in [4.78, 5) is 13.9. The van der Waals surface area contributed by atoms with Gasteiger partial charge in [0.15, 0.2) is 0 Å². The predicted octanol–water partition coefficient (Wildman–Crippen LogP) is 4.56. The van der Waals surface area contributed by atoms with Gasteiger partial charge in [0.25, 0.3) is 5.91 Å². The zero-order valence-electron chi connectivity index (χ0n) is 15.1. The summed E-state index contributed by atoms with van der Waals surface area (Å²) in [7, 11) is 0. The SMILES string of the molecule is CCOc1cc(-c2ccccc2)sc1C(=O)NCC(O)c1ccc(F)cc1F. The molecule has 0 spiro atoms. The quantitative estimate of drug-likeness (QED) is 0.608. The smallest absolute Gasteiger partial charge is 0.265 e. The van der Waals surface area contributed by atoms with Crippen LogP contribution in [0.2, 0.25) is 0 Å². The molecule has 0 fully saturated rings. The molecule has 28 heavy (non-hydrogen) atoms. The Morgan fingerprint density at radius 3 is 2.61 bits per heavy atom. The highest BCUT2D eigenvalue weighted by atomic mass is 32.1. The summed E-state index contributed by atoms with van der Waals surface area (Å²) in [5.41, 5.74) is 0.879. The Morgan fingerprint density at radius 2 is 1.93 bits per heavy atom. The minimum Gasteiger partial charge on any atom is -0.492 e. The van der Waals surface area contributed by atoms with Gasteiger partial charge in [-0.15, -0.1) is 11.3 Å². The monoisotopic (exact) mass is 403 g/mol. The van der Waals surface area contributed by atoms with Crippen LogP contribution in [0, 0.1) is 11.6 Å². The van der Waals surface area contributed by atoms with Crippen LogP contribution in [0.1, 0.15) is 28.3 Å². The van der Waals surface area contributed by atoms with Crippen LogP contribution in [-0.2, 0) is 0 Å². The van der Waals surface area contributed by atoms with Gasteiger partial charge in [-0.2, -0.15) is 0 Å². The van der Waals surface area contributed by atoms with Crippen molar-refractivity contribution in [1.82, 2.24) is 5.32 Å². The van der Waals surface area contributed by atoms with Crippen LogP contribution in [0.3, 0.4) is 0 Å². The molecule has 0 bridgehead atoms. The van der Waals surface area contributed by atoms with E-state index in [9.17, 15) is 18.7 Å². The average Bonchev–Trinajstić information content (AvgIpc) is 3.11. The maximum atomic E-state index is 13.8. The molecule has 0 aliphatic heterocycles. The summed E-state index contributed by atoms with van der Waals surface area (Å²) in [6.45, 7) is 2.00. The van der Waals surface area contributed by atoms with Crippen LogP contribution in [0.4, 0.5) is 8.78 Å². The molecule has 3 rings (SSSR count). The van der Waals surface area contributed by atoms with Crippen molar-refractivity contribution in [3.63, 3.8) is 0 Å². The van der Waals surface area contributed by atoms with E-state index in [0.29, 0.717) is 23.3 Å². The van der Waals surface area contributed by atoms with Crippen LogP contribution < -0.4 is 10.1 Å². The van der Waals surface area contributed by atoms with Crippen molar-refractivity contribution in [3.8, 4) is 16.2 Å². The summed E-state index contributed by atoms with van der Waals surface area (Å²) in [6, 6.07) is 14.3. The number of carbonyl (C=O) groups excluding carboxylic acids is 1. The van der Waals surface area contributed by atoms with E-state index in [1.807, 2.05) is 37.3 Å². The number of rotatable bonds is 7. The van der Waals surface area contributed by atoms with Crippen LogP contribution in [0.25, 0.3) is 10.4 Å². The van der Waals surface area contributed by atoms with E-state index in [1.54, 1.807) is 6.07 Å². The van der Waals surface area contributed by atoms with Gasteiger partial charge in [-0.1, -0.05) is 36.4 Å². The van der Waals surface area contributed by atoms with Gasteiger partial charge in [-0.05, 0) is 24.6 Å². The van der Waals surface area contributed by atoms with Crippen LogP contribution in [0.5, 0.6) is 5.75 Å². The third kappa shape index (κ3) is 4.55. The molecule has 1 atom stereocenters. The van der Waals surface area contributed by atoms with E-state index in [2.05, 4.69) is 5.32 Å². The second kappa shape index (κ2) is 8.95. The van der Waals surface area contributed by atoms with Gasteiger partial charge in [0.1, 0.15) is 22.3 Å². The second-order valence-electron chi connectivity index (χ2n) is 5.99. The molecule has 7 heteroatoms. The van der Waals surface area contributed by atoms with Crippen molar-refractivity contribution in [2.24, 2.45) is 0 Å². The van der Waals surface area contributed by atoms with Gasteiger partial charge >= 0.3 is 0 Å². The van der Waals surface area contributed by atoms with Crippen molar-refractivity contribution in [2.45, 2.75) is 13.0 Å². The lowest BCUT2D eigenvalue weighted by molar-refractivity contribution is 0.0914. The van der Waals surface area contributed by atoms with E-state index < -0.39 is 23.6 Å². The molecule has 2 aromatic carbocycles. The first-order valence-electron chi connectivity index (χ1n) is 8.72.